The molecular weight excluding hydrogens is 288 g/mol. The Hall–Kier alpha value is -1.65. The Balaban J connectivity index is 2.01. The van der Waals surface area contributed by atoms with Crippen molar-refractivity contribution in [3.8, 4) is 0 Å². The zero-order valence-corrected chi connectivity index (χ0v) is 14.2. The first-order valence-electron chi connectivity index (χ1n) is 8.43. The number of rotatable bonds is 3. The third-order valence-electron chi connectivity index (χ3n) is 5.20. The lowest BCUT2D eigenvalue weighted by atomic mass is 9.81. The summed E-state index contributed by atoms with van der Waals surface area (Å²) in [6.07, 6.45) is 1.66. The summed E-state index contributed by atoms with van der Waals surface area (Å²) in [7, 11) is 0. The highest BCUT2D eigenvalue weighted by atomic mass is 16.3. The van der Waals surface area contributed by atoms with Crippen LogP contribution < -0.4 is 4.90 Å². The molecule has 0 aliphatic carbocycles. The molecule has 0 amide bonds. The molecule has 1 aliphatic rings. The molecule has 4 heteroatoms. The third kappa shape index (κ3) is 3.06. The molecule has 3 rings (SSSR count). The summed E-state index contributed by atoms with van der Waals surface area (Å²) >= 11 is 0. The molecule has 0 unspecified atom stereocenters. The van der Waals surface area contributed by atoms with Crippen LogP contribution in [0, 0.1) is 12.8 Å². The molecule has 1 aliphatic heterocycles. The smallest absolute Gasteiger partial charge is 0.134 e. The zero-order valence-electron chi connectivity index (χ0n) is 14.2. The standard InChI is InChI=1S/C19H26N2O2/c1-4-16-11-21(8-7-19(16,3)23)18-15(12-22)10-14-6-5-13(2)9-17(14)20-18/h5-6,9-10,16,22-23H,4,7-8,11-12H2,1-3H3/t16-,19+/m1/s1. The Bertz CT molecular complexity index is 712. The van der Waals surface area contributed by atoms with Crippen molar-refractivity contribution in [2.75, 3.05) is 18.0 Å². The molecule has 0 saturated carbocycles. The molecule has 23 heavy (non-hydrogen) atoms. The van der Waals surface area contributed by atoms with E-state index < -0.39 is 5.60 Å². The van der Waals surface area contributed by atoms with E-state index in [1.54, 1.807) is 0 Å². The van der Waals surface area contributed by atoms with Crippen molar-refractivity contribution in [3.63, 3.8) is 0 Å². The van der Waals surface area contributed by atoms with Gasteiger partial charge in [-0.2, -0.15) is 0 Å². The van der Waals surface area contributed by atoms with Crippen LogP contribution in [0.4, 0.5) is 5.82 Å². The van der Waals surface area contributed by atoms with Crippen molar-refractivity contribution in [3.05, 3.63) is 35.4 Å². The predicted molar refractivity (Wildman–Crippen MR) is 93.6 cm³/mol. The molecule has 124 valence electrons. The predicted octanol–water partition coefficient (Wildman–Crippen LogP) is 3.02. The van der Waals surface area contributed by atoms with Crippen LogP contribution >= 0.6 is 0 Å². The van der Waals surface area contributed by atoms with E-state index >= 15 is 0 Å². The van der Waals surface area contributed by atoms with Gasteiger partial charge in [-0.3, -0.25) is 0 Å². The van der Waals surface area contributed by atoms with Gasteiger partial charge >= 0.3 is 0 Å². The molecule has 1 aromatic carbocycles. The van der Waals surface area contributed by atoms with Gasteiger partial charge in [-0.25, -0.2) is 4.98 Å². The number of aliphatic hydroxyl groups is 2. The molecule has 2 atom stereocenters. The molecule has 0 radical (unpaired) electrons. The number of anilines is 1. The molecule has 0 bridgehead atoms. The van der Waals surface area contributed by atoms with Gasteiger partial charge in [0.15, 0.2) is 0 Å². The second-order valence-electron chi connectivity index (χ2n) is 6.98. The number of aryl methyl sites for hydroxylation is 1. The van der Waals surface area contributed by atoms with Crippen molar-refractivity contribution in [2.24, 2.45) is 5.92 Å². The second-order valence-corrected chi connectivity index (χ2v) is 6.98. The first kappa shape index (κ1) is 16.2. The van der Waals surface area contributed by atoms with Crippen LogP contribution in [-0.4, -0.2) is 33.9 Å². The quantitative estimate of drug-likeness (QED) is 0.914. The largest absolute Gasteiger partial charge is 0.392 e. The minimum atomic E-state index is -0.613. The van der Waals surface area contributed by atoms with Crippen LogP contribution in [0.3, 0.4) is 0 Å². The summed E-state index contributed by atoms with van der Waals surface area (Å²) in [6, 6.07) is 8.23. The van der Waals surface area contributed by atoms with Gasteiger partial charge in [-0.15, -0.1) is 0 Å². The van der Waals surface area contributed by atoms with E-state index in [-0.39, 0.29) is 12.5 Å². The van der Waals surface area contributed by atoms with E-state index in [2.05, 4.69) is 36.9 Å². The maximum Gasteiger partial charge on any atom is 0.134 e. The monoisotopic (exact) mass is 314 g/mol. The molecule has 0 spiro atoms. The van der Waals surface area contributed by atoms with Gasteiger partial charge in [0, 0.05) is 30.0 Å². The fraction of sp³-hybridized carbons (Fsp3) is 0.526. The summed E-state index contributed by atoms with van der Waals surface area (Å²) in [6.45, 7) is 7.64. The first-order valence-corrected chi connectivity index (χ1v) is 8.43. The molecular formula is C19H26N2O2. The van der Waals surface area contributed by atoms with Crippen molar-refractivity contribution in [1.82, 2.24) is 4.98 Å². The molecule has 2 heterocycles. The lowest BCUT2D eigenvalue weighted by Crippen LogP contribution is -2.50. The maximum absolute atomic E-state index is 10.5. The van der Waals surface area contributed by atoms with Crippen molar-refractivity contribution in [1.29, 1.82) is 0 Å². The van der Waals surface area contributed by atoms with E-state index in [9.17, 15) is 10.2 Å². The number of pyridine rings is 1. The van der Waals surface area contributed by atoms with E-state index in [0.29, 0.717) is 0 Å². The summed E-state index contributed by atoms with van der Waals surface area (Å²) in [4.78, 5) is 7.05. The van der Waals surface area contributed by atoms with Crippen LogP contribution in [-0.2, 0) is 6.61 Å². The topological polar surface area (TPSA) is 56.6 Å². The molecule has 1 aromatic heterocycles. The number of hydrogen-bond acceptors (Lipinski definition) is 4. The number of nitrogens with zero attached hydrogens (tertiary/aromatic N) is 2. The van der Waals surface area contributed by atoms with E-state index in [1.807, 2.05) is 13.0 Å². The fourth-order valence-electron chi connectivity index (χ4n) is 3.58. The molecule has 2 N–H and O–H groups in total. The summed E-state index contributed by atoms with van der Waals surface area (Å²) in [5, 5.41) is 21.4. The SMILES string of the molecule is CC[C@@H]1CN(c2nc3cc(C)ccc3cc2CO)CC[C@]1(C)O. The lowest BCUT2D eigenvalue weighted by Gasteiger charge is -2.43. The Morgan fingerprint density at radius 3 is 2.83 bits per heavy atom. The van der Waals surface area contributed by atoms with Crippen LogP contribution in [0.1, 0.15) is 37.8 Å². The highest BCUT2D eigenvalue weighted by Crippen LogP contribution is 2.34. The average Bonchev–Trinajstić information content (AvgIpc) is 2.53. The van der Waals surface area contributed by atoms with Gasteiger partial charge in [-0.1, -0.05) is 19.1 Å². The fourth-order valence-corrected chi connectivity index (χ4v) is 3.58. The Morgan fingerprint density at radius 2 is 2.13 bits per heavy atom. The number of aromatic nitrogens is 1. The van der Waals surface area contributed by atoms with E-state index in [4.69, 9.17) is 4.98 Å². The first-order chi connectivity index (χ1) is 10.9. The highest BCUT2D eigenvalue weighted by Gasteiger charge is 2.37. The van der Waals surface area contributed by atoms with Gasteiger partial charge < -0.3 is 15.1 Å². The molecule has 2 aromatic rings. The minimum Gasteiger partial charge on any atom is -0.392 e. The van der Waals surface area contributed by atoms with Gasteiger partial charge in [0.25, 0.3) is 0 Å². The Morgan fingerprint density at radius 1 is 1.35 bits per heavy atom. The van der Waals surface area contributed by atoms with Gasteiger partial charge in [0.05, 0.1) is 17.7 Å². The highest BCUT2D eigenvalue weighted by molar-refractivity contribution is 5.82. The average molecular weight is 314 g/mol. The summed E-state index contributed by atoms with van der Waals surface area (Å²) in [5.41, 5.74) is 2.39. The van der Waals surface area contributed by atoms with E-state index in [1.165, 1.54) is 5.56 Å². The lowest BCUT2D eigenvalue weighted by molar-refractivity contribution is -0.0184. The maximum atomic E-state index is 10.5. The van der Waals surface area contributed by atoms with Crippen LogP contribution in [0.25, 0.3) is 10.9 Å². The Labute approximate surface area is 137 Å². The summed E-state index contributed by atoms with van der Waals surface area (Å²) in [5.74, 6) is 1.08. The molecule has 4 nitrogen and oxygen atoms in total. The number of hydrogen-bond donors (Lipinski definition) is 2. The van der Waals surface area contributed by atoms with Crippen LogP contribution in [0.2, 0.25) is 0 Å². The number of piperidine rings is 1. The minimum absolute atomic E-state index is 0.0180. The summed E-state index contributed by atoms with van der Waals surface area (Å²) < 4.78 is 0. The van der Waals surface area contributed by atoms with E-state index in [0.717, 1.165) is 48.2 Å². The molecule has 1 saturated heterocycles. The van der Waals surface area contributed by atoms with Crippen molar-refractivity contribution < 1.29 is 10.2 Å². The second kappa shape index (κ2) is 6.10. The number of benzene rings is 1. The number of aliphatic hydroxyl groups excluding tert-OH is 1. The number of fused-ring (bicyclic) bond motifs is 1. The van der Waals surface area contributed by atoms with Crippen LogP contribution in [0.15, 0.2) is 24.3 Å². The Kier molecular flexibility index (Phi) is 4.30. The van der Waals surface area contributed by atoms with Crippen molar-refractivity contribution >= 4 is 16.7 Å². The normalized spacial score (nSPS) is 25.1. The van der Waals surface area contributed by atoms with Gasteiger partial charge in [-0.05, 0) is 44.4 Å². The van der Waals surface area contributed by atoms with Crippen molar-refractivity contribution in [2.45, 2.75) is 45.8 Å². The third-order valence-corrected chi connectivity index (χ3v) is 5.20. The zero-order chi connectivity index (χ0) is 16.6. The van der Waals surface area contributed by atoms with Gasteiger partial charge in [0.2, 0.25) is 0 Å². The molecule has 1 fully saturated rings. The van der Waals surface area contributed by atoms with Crippen LogP contribution in [0.5, 0.6) is 0 Å². The van der Waals surface area contributed by atoms with Gasteiger partial charge in [0.1, 0.15) is 5.82 Å².